The smallest absolute Gasteiger partial charge is 0.00165 e. The van der Waals surface area contributed by atoms with Crippen molar-refractivity contribution in [1.29, 1.82) is 0 Å². The Hall–Kier alpha value is -0.0400. The van der Waals surface area contributed by atoms with Gasteiger partial charge in [-0.1, -0.05) is 13.3 Å². The van der Waals surface area contributed by atoms with E-state index in [-0.39, 0.29) is 0 Å². The fraction of sp³-hybridized carbons (Fsp3) is 1.00. The number of rotatable bonds is 0. The van der Waals surface area contributed by atoms with Crippen LogP contribution in [0, 0.1) is 11.3 Å². The molecule has 1 aliphatic carbocycles. The maximum absolute atomic E-state index is 2.48. The molecule has 2 fully saturated rings. The number of nitrogens with zero attached hydrogens (tertiary/aromatic N) is 1. The van der Waals surface area contributed by atoms with Crippen molar-refractivity contribution in [3.63, 3.8) is 0 Å². The second-order valence-electron chi connectivity index (χ2n) is 5.15. The van der Waals surface area contributed by atoms with Crippen molar-refractivity contribution in [3.05, 3.63) is 0 Å². The molecule has 0 radical (unpaired) electrons. The standard InChI is InChI=1S/C11H21N/c1-10-3-4-11(9-10)5-7-12(2)8-6-11/h10H,3-9H2,1-2H3/t10-/m0/s1. The Morgan fingerprint density at radius 3 is 2.33 bits per heavy atom. The zero-order chi connectivity index (χ0) is 8.60. The lowest BCUT2D eigenvalue weighted by atomic mass is 9.76. The molecule has 1 saturated heterocycles. The van der Waals surface area contributed by atoms with Gasteiger partial charge in [0, 0.05) is 0 Å². The molecule has 0 aromatic carbocycles. The van der Waals surface area contributed by atoms with E-state index in [4.69, 9.17) is 0 Å². The second-order valence-corrected chi connectivity index (χ2v) is 5.15. The van der Waals surface area contributed by atoms with Gasteiger partial charge in [0.2, 0.25) is 0 Å². The summed E-state index contributed by atoms with van der Waals surface area (Å²) in [6.07, 6.45) is 7.45. The molecule has 1 saturated carbocycles. The molecule has 70 valence electrons. The van der Waals surface area contributed by atoms with Gasteiger partial charge in [-0.2, -0.15) is 0 Å². The molecular weight excluding hydrogens is 146 g/mol. The summed E-state index contributed by atoms with van der Waals surface area (Å²) in [6.45, 7) is 5.10. The average molecular weight is 167 g/mol. The van der Waals surface area contributed by atoms with Crippen LogP contribution in [0.5, 0.6) is 0 Å². The quantitative estimate of drug-likeness (QED) is 0.536. The zero-order valence-corrected chi connectivity index (χ0v) is 8.47. The lowest BCUT2D eigenvalue weighted by molar-refractivity contribution is 0.124. The lowest BCUT2D eigenvalue weighted by Gasteiger charge is -2.38. The Labute approximate surface area is 76.1 Å². The first kappa shape index (κ1) is 8.55. The van der Waals surface area contributed by atoms with Gasteiger partial charge in [0.15, 0.2) is 0 Å². The van der Waals surface area contributed by atoms with Crippen LogP contribution < -0.4 is 0 Å². The fourth-order valence-electron chi connectivity index (χ4n) is 3.04. The first-order chi connectivity index (χ1) is 5.70. The summed E-state index contributed by atoms with van der Waals surface area (Å²) in [7, 11) is 2.26. The number of hydrogen-bond donors (Lipinski definition) is 0. The van der Waals surface area contributed by atoms with Gasteiger partial charge >= 0.3 is 0 Å². The highest BCUT2D eigenvalue weighted by molar-refractivity contribution is 4.91. The molecule has 1 heteroatoms. The highest BCUT2D eigenvalue weighted by Gasteiger charge is 2.38. The molecular formula is C11H21N. The Morgan fingerprint density at radius 2 is 1.83 bits per heavy atom. The van der Waals surface area contributed by atoms with Crippen LogP contribution in [0.3, 0.4) is 0 Å². The van der Waals surface area contributed by atoms with E-state index in [0.717, 1.165) is 11.3 Å². The van der Waals surface area contributed by atoms with Crippen molar-refractivity contribution in [2.75, 3.05) is 20.1 Å². The van der Waals surface area contributed by atoms with Crippen LogP contribution in [-0.4, -0.2) is 25.0 Å². The van der Waals surface area contributed by atoms with Crippen LogP contribution in [0.2, 0.25) is 0 Å². The van der Waals surface area contributed by atoms with E-state index in [1.165, 1.54) is 45.2 Å². The largest absolute Gasteiger partial charge is 0.306 e. The van der Waals surface area contributed by atoms with E-state index in [9.17, 15) is 0 Å². The minimum atomic E-state index is 0.784. The van der Waals surface area contributed by atoms with Gasteiger partial charge in [-0.05, 0) is 57.2 Å². The summed E-state index contributed by atoms with van der Waals surface area (Å²) >= 11 is 0. The van der Waals surface area contributed by atoms with Crippen LogP contribution in [0.25, 0.3) is 0 Å². The van der Waals surface area contributed by atoms with Gasteiger partial charge in [0.25, 0.3) is 0 Å². The predicted octanol–water partition coefficient (Wildman–Crippen LogP) is 2.52. The molecule has 0 unspecified atom stereocenters. The Kier molecular flexibility index (Phi) is 2.16. The van der Waals surface area contributed by atoms with Gasteiger partial charge in [0.05, 0.1) is 0 Å². The van der Waals surface area contributed by atoms with Crippen molar-refractivity contribution in [1.82, 2.24) is 4.90 Å². The van der Waals surface area contributed by atoms with Gasteiger partial charge in [0.1, 0.15) is 0 Å². The maximum atomic E-state index is 2.48. The van der Waals surface area contributed by atoms with Crippen molar-refractivity contribution in [2.24, 2.45) is 11.3 Å². The fourth-order valence-corrected chi connectivity index (χ4v) is 3.04. The van der Waals surface area contributed by atoms with Crippen LogP contribution >= 0.6 is 0 Å². The maximum Gasteiger partial charge on any atom is -0.00165 e. The summed E-state index contributed by atoms with van der Waals surface area (Å²) < 4.78 is 0. The van der Waals surface area contributed by atoms with E-state index >= 15 is 0 Å². The first-order valence-corrected chi connectivity index (χ1v) is 5.39. The average Bonchev–Trinajstić information content (AvgIpc) is 2.40. The van der Waals surface area contributed by atoms with E-state index < -0.39 is 0 Å². The molecule has 0 amide bonds. The molecule has 0 aromatic rings. The molecule has 0 bridgehead atoms. The summed E-state index contributed by atoms with van der Waals surface area (Å²) in [4.78, 5) is 2.48. The molecule has 0 aromatic heterocycles. The molecule has 12 heavy (non-hydrogen) atoms. The summed E-state index contributed by atoms with van der Waals surface area (Å²) in [5.41, 5.74) is 0.784. The Bertz CT molecular complexity index is 156. The number of hydrogen-bond acceptors (Lipinski definition) is 1. The third-order valence-corrected chi connectivity index (χ3v) is 4.00. The third-order valence-electron chi connectivity index (χ3n) is 4.00. The Morgan fingerprint density at radius 1 is 1.17 bits per heavy atom. The predicted molar refractivity (Wildman–Crippen MR) is 52.2 cm³/mol. The van der Waals surface area contributed by atoms with Crippen molar-refractivity contribution in [2.45, 2.75) is 39.0 Å². The molecule has 1 aliphatic heterocycles. The van der Waals surface area contributed by atoms with E-state index in [2.05, 4.69) is 18.9 Å². The molecule has 0 N–H and O–H groups in total. The summed E-state index contributed by atoms with van der Waals surface area (Å²) in [6, 6.07) is 0. The summed E-state index contributed by atoms with van der Waals surface area (Å²) in [5, 5.41) is 0. The Balaban J connectivity index is 1.95. The van der Waals surface area contributed by atoms with Gasteiger partial charge in [-0.3, -0.25) is 0 Å². The topological polar surface area (TPSA) is 3.24 Å². The molecule has 1 spiro atoms. The third kappa shape index (κ3) is 1.52. The second kappa shape index (κ2) is 3.02. The first-order valence-electron chi connectivity index (χ1n) is 5.39. The SMILES string of the molecule is C[C@H]1CCC2(CCN(C)CC2)C1. The summed E-state index contributed by atoms with van der Waals surface area (Å²) in [5.74, 6) is 1.01. The minimum absolute atomic E-state index is 0.784. The van der Waals surface area contributed by atoms with Crippen LogP contribution in [-0.2, 0) is 0 Å². The monoisotopic (exact) mass is 167 g/mol. The van der Waals surface area contributed by atoms with E-state index in [1.807, 2.05) is 0 Å². The normalized spacial score (nSPS) is 36.0. The van der Waals surface area contributed by atoms with Crippen LogP contribution in [0.4, 0.5) is 0 Å². The van der Waals surface area contributed by atoms with Crippen LogP contribution in [0.1, 0.15) is 39.0 Å². The van der Waals surface area contributed by atoms with Crippen LogP contribution in [0.15, 0.2) is 0 Å². The number of piperidine rings is 1. The molecule has 1 nitrogen and oxygen atoms in total. The number of likely N-dealkylation sites (tertiary alicyclic amines) is 1. The lowest BCUT2D eigenvalue weighted by Crippen LogP contribution is -2.36. The van der Waals surface area contributed by atoms with E-state index in [1.54, 1.807) is 0 Å². The van der Waals surface area contributed by atoms with Crippen molar-refractivity contribution < 1.29 is 0 Å². The van der Waals surface area contributed by atoms with Crippen molar-refractivity contribution >= 4 is 0 Å². The molecule has 2 aliphatic rings. The molecule has 2 rings (SSSR count). The van der Waals surface area contributed by atoms with Gasteiger partial charge in [-0.25, -0.2) is 0 Å². The highest BCUT2D eigenvalue weighted by Crippen LogP contribution is 2.48. The minimum Gasteiger partial charge on any atom is -0.306 e. The molecule has 1 atom stereocenters. The van der Waals surface area contributed by atoms with Crippen molar-refractivity contribution in [3.8, 4) is 0 Å². The van der Waals surface area contributed by atoms with E-state index in [0.29, 0.717) is 0 Å². The molecule has 1 heterocycles. The van der Waals surface area contributed by atoms with Gasteiger partial charge in [-0.15, -0.1) is 0 Å². The van der Waals surface area contributed by atoms with Gasteiger partial charge < -0.3 is 4.90 Å². The zero-order valence-electron chi connectivity index (χ0n) is 8.47. The highest BCUT2D eigenvalue weighted by atomic mass is 15.1.